The van der Waals surface area contributed by atoms with Gasteiger partial charge in [0.1, 0.15) is 5.60 Å². The number of fused-ring (bicyclic) bond motifs is 3. The van der Waals surface area contributed by atoms with Crippen molar-refractivity contribution in [3.05, 3.63) is 23.7 Å². The van der Waals surface area contributed by atoms with Gasteiger partial charge in [-0.2, -0.15) is 0 Å². The van der Waals surface area contributed by atoms with E-state index in [2.05, 4.69) is 10.3 Å². The van der Waals surface area contributed by atoms with Crippen molar-refractivity contribution >= 4 is 54.1 Å². The minimum Gasteiger partial charge on any atom is -0.444 e. The van der Waals surface area contributed by atoms with Crippen LogP contribution < -0.4 is 5.32 Å². The molecule has 0 fully saturated rings. The summed E-state index contributed by atoms with van der Waals surface area (Å²) in [4.78, 5) is 16.1. The maximum Gasteiger partial charge on any atom is 0.412 e. The van der Waals surface area contributed by atoms with Crippen molar-refractivity contribution in [2.24, 2.45) is 0 Å². The predicted molar refractivity (Wildman–Crippen MR) is 84.9 cm³/mol. The van der Waals surface area contributed by atoms with Crippen molar-refractivity contribution in [1.29, 1.82) is 0 Å². The van der Waals surface area contributed by atoms with Gasteiger partial charge in [0.2, 0.25) is 0 Å². The van der Waals surface area contributed by atoms with Crippen molar-refractivity contribution in [2.75, 3.05) is 5.32 Å². The minimum absolute atomic E-state index is 0.426. The van der Waals surface area contributed by atoms with Gasteiger partial charge in [-0.05, 0) is 38.3 Å². The second kappa shape index (κ2) is 4.71. The first-order valence-corrected chi connectivity index (χ1v) is 7.88. The fourth-order valence-electron chi connectivity index (χ4n) is 1.88. The fraction of sp³-hybridized carbons (Fsp3) is 0.286. The van der Waals surface area contributed by atoms with Gasteiger partial charge in [-0.1, -0.05) is 6.07 Å². The molecule has 0 aliphatic heterocycles. The first kappa shape index (κ1) is 13.3. The maximum absolute atomic E-state index is 11.8. The lowest BCUT2D eigenvalue weighted by atomic mass is 10.2. The summed E-state index contributed by atoms with van der Waals surface area (Å²) in [7, 11) is 0. The van der Waals surface area contributed by atoms with Crippen LogP contribution in [0.2, 0.25) is 0 Å². The summed E-state index contributed by atoms with van der Waals surface area (Å²) < 4.78 is 7.56. The highest BCUT2D eigenvalue weighted by Crippen LogP contribution is 2.37. The smallest absolute Gasteiger partial charge is 0.412 e. The van der Waals surface area contributed by atoms with Crippen LogP contribution in [0.1, 0.15) is 20.8 Å². The number of nitrogens with zero attached hydrogens (tertiary/aromatic N) is 1. The molecule has 2 aromatic heterocycles. The van der Waals surface area contributed by atoms with E-state index in [4.69, 9.17) is 4.74 Å². The Hall–Kier alpha value is -1.66. The van der Waals surface area contributed by atoms with Gasteiger partial charge < -0.3 is 4.74 Å². The van der Waals surface area contributed by atoms with E-state index in [1.807, 2.05) is 44.5 Å². The summed E-state index contributed by atoms with van der Waals surface area (Å²) in [5.74, 6) is 0. The first-order chi connectivity index (χ1) is 9.42. The lowest BCUT2D eigenvalue weighted by Gasteiger charge is -2.19. The van der Waals surface area contributed by atoms with Crippen molar-refractivity contribution in [1.82, 2.24) is 4.98 Å². The Morgan fingerprint density at radius 3 is 2.85 bits per heavy atom. The van der Waals surface area contributed by atoms with E-state index < -0.39 is 11.7 Å². The van der Waals surface area contributed by atoms with Gasteiger partial charge >= 0.3 is 6.09 Å². The SMILES string of the molecule is CC(C)(C)OC(=O)Nc1cc2ccc3ncsc3c2s1. The molecule has 0 bridgehead atoms. The Balaban J connectivity index is 1.91. The molecule has 0 radical (unpaired) electrons. The summed E-state index contributed by atoms with van der Waals surface area (Å²) in [6, 6.07) is 5.98. The van der Waals surface area contributed by atoms with Crippen molar-refractivity contribution in [3.63, 3.8) is 0 Å². The minimum atomic E-state index is -0.494. The van der Waals surface area contributed by atoms with E-state index >= 15 is 0 Å². The van der Waals surface area contributed by atoms with Gasteiger partial charge in [0.05, 0.1) is 25.4 Å². The van der Waals surface area contributed by atoms with Crippen LogP contribution in [0, 0.1) is 0 Å². The second-order valence-electron chi connectivity index (χ2n) is 5.42. The molecular weight excluding hydrogens is 292 g/mol. The molecule has 2 heterocycles. The monoisotopic (exact) mass is 306 g/mol. The summed E-state index contributed by atoms with van der Waals surface area (Å²) in [6.45, 7) is 5.54. The molecule has 0 aliphatic rings. The van der Waals surface area contributed by atoms with Crippen LogP contribution in [0.15, 0.2) is 23.7 Å². The van der Waals surface area contributed by atoms with E-state index in [1.165, 1.54) is 0 Å². The van der Waals surface area contributed by atoms with Gasteiger partial charge in [0.15, 0.2) is 0 Å². The van der Waals surface area contributed by atoms with Crippen molar-refractivity contribution in [3.8, 4) is 0 Å². The number of thiophene rings is 1. The summed E-state index contributed by atoms with van der Waals surface area (Å²) in [5.41, 5.74) is 2.34. The van der Waals surface area contributed by atoms with Gasteiger partial charge in [-0.25, -0.2) is 9.78 Å². The topological polar surface area (TPSA) is 51.2 Å². The van der Waals surface area contributed by atoms with Crippen LogP contribution in [0.3, 0.4) is 0 Å². The Bertz CT molecular complexity index is 783. The summed E-state index contributed by atoms with van der Waals surface area (Å²) in [5, 5.41) is 4.68. The third kappa shape index (κ3) is 2.62. The van der Waals surface area contributed by atoms with Crippen LogP contribution in [0.4, 0.5) is 9.80 Å². The van der Waals surface area contributed by atoms with Gasteiger partial charge in [0.25, 0.3) is 0 Å². The molecular formula is C14H14N2O2S2. The highest BCUT2D eigenvalue weighted by atomic mass is 32.1. The van der Waals surface area contributed by atoms with Crippen molar-refractivity contribution in [2.45, 2.75) is 26.4 Å². The van der Waals surface area contributed by atoms with E-state index in [0.29, 0.717) is 0 Å². The highest BCUT2D eigenvalue weighted by Gasteiger charge is 2.17. The molecule has 0 saturated carbocycles. The highest BCUT2D eigenvalue weighted by molar-refractivity contribution is 7.28. The lowest BCUT2D eigenvalue weighted by Crippen LogP contribution is -2.26. The molecule has 1 amide bonds. The van der Waals surface area contributed by atoms with Crippen molar-refractivity contribution < 1.29 is 9.53 Å². The second-order valence-corrected chi connectivity index (χ2v) is 7.33. The Labute approximate surface area is 124 Å². The number of hydrogen-bond acceptors (Lipinski definition) is 5. The zero-order valence-corrected chi connectivity index (χ0v) is 13.0. The fourth-order valence-corrected chi connectivity index (χ4v) is 3.87. The normalized spacial score (nSPS) is 11.9. The van der Waals surface area contributed by atoms with E-state index in [0.717, 1.165) is 25.3 Å². The third-order valence-electron chi connectivity index (χ3n) is 2.61. The molecule has 0 unspecified atom stereocenters. The Kier molecular flexibility index (Phi) is 3.14. The molecule has 0 spiro atoms. The number of hydrogen-bond donors (Lipinski definition) is 1. The van der Waals surface area contributed by atoms with E-state index in [9.17, 15) is 4.79 Å². The van der Waals surface area contributed by atoms with Gasteiger partial charge in [-0.3, -0.25) is 5.32 Å². The lowest BCUT2D eigenvalue weighted by molar-refractivity contribution is 0.0636. The molecule has 4 nitrogen and oxygen atoms in total. The molecule has 0 atom stereocenters. The average molecular weight is 306 g/mol. The van der Waals surface area contributed by atoms with Crippen LogP contribution in [0.25, 0.3) is 20.3 Å². The number of amides is 1. The third-order valence-corrected chi connectivity index (χ3v) is 4.68. The summed E-state index contributed by atoms with van der Waals surface area (Å²) in [6.07, 6.45) is -0.426. The largest absolute Gasteiger partial charge is 0.444 e. The number of ether oxygens (including phenoxy) is 1. The zero-order chi connectivity index (χ0) is 14.3. The Morgan fingerprint density at radius 1 is 1.30 bits per heavy atom. The van der Waals surface area contributed by atoms with Crippen LogP contribution in [-0.2, 0) is 4.74 Å². The van der Waals surface area contributed by atoms with E-state index in [-0.39, 0.29) is 0 Å². The molecule has 104 valence electrons. The quantitative estimate of drug-likeness (QED) is 0.698. The van der Waals surface area contributed by atoms with Crippen LogP contribution in [-0.4, -0.2) is 16.7 Å². The number of carbonyl (C=O) groups is 1. The molecule has 3 aromatic rings. The number of anilines is 1. The zero-order valence-electron chi connectivity index (χ0n) is 11.4. The molecule has 20 heavy (non-hydrogen) atoms. The molecule has 0 aliphatic carbocycles. The van der Waals surface area contributed by atoms with Gasteiger partial charge in [-0.15, -0.1) is 22.7 Å². The molecule has 0 saturated heterocycles. The molecule has 1 aromatic carbocycles. The average Bonchev–Trinajstić information content (AvgIpc) is 2.89. The van der Waals surface area contributed by atoms with Crippen LogP contribution in [0.5, 0.6) is 0 Å². The number of thiazole rings is 1. The first-order valence-electron chi connectivity index (χ1n) is 6.18. The number of aromatic nitrogens is 1. The standard InChI is InChI=1S/C14H14N2O2S2/c1-14(2,3)18-13(17)16-10-6-8-4-5-9-12(11(8)20-10)19-7-15-9/h4-7H,1-3H3,(H,16,17). The number of rotatable bonds is 1. The molecule has 3 rings (SSSR count). The molecule has 6 heteroatoms. The molecule has 1 N–H and O–H groups in total. The van der Waals surface area contributed by atoms with Crippen LogP contribution >= 0.6 is 22.7 Å². The summed E-state index contributed by atoms with van der Waals surface area (Å²) >= 11 is 3.16. The number of nitrogens with one attached hydrogen (secondary N) is 1. The predicted octanol–water partition coefficient (Wildman–Crippen LogP) is 4.86. The van der Waals surface area contributed by atoms with Gasteiger partial charge in [0, 0.05) is 0 Å². The number of benzene rings is 1. The maximum atomic E-state index is 11.8. The Morgan fingerprint density at radius 2 is 2.10 bits per heavy atom. The number of carbonyl (C=O) groups excluding carboxylic acids is 1. The van der Waals surface area contributed by atoms with E-state index in [1.54, 1.807) is 22.7 Å².